The summed E-state index contributed by atoms with van der Waals surface area (Å²) in [5, 5.41) is 9.85. The fourth-order valence-corrected chi connectivity index (χ4v) is 2.65. The van der Waals surface area contributed by atoms with Gasteiger partial charge in [-0.25, -0.2) is 0 Å². The van der Waals surface area contributed by atoms with Gasteiger partial charge in [-0.05, 0) is 42.0 Å². The van der Waals surface area contributed by atoms with Crippen LogP contribution in [0.2, 0.25) is 0 Å². The highest BCUT2D eigenvalue weighted by atomic mass is 19.4. The molecule has 2 aromatic carbocycles. The number of halogens is 3. The number of amides is 1. The molecule has 2 heterocycles. The molecule has 9 heteroatoms. The van der Waals surface area contributed by atoms with Gasteiger partial charge in [-0.3, -0.25) is 4.79 Å². The van der Waals surface area contributed by atoms with E-state index in [9.17, 15) is 18.0 Å². The van der Waals surface area contributed by atoms with Crippen molar-refractivity contribution in [1.82, 2.24) is 10.2 Å². The van der Waals surface area contributed by atoms with Crippen molar-refractivity contribution in [3.05, 3.63) is 78.6 Å². The number of rotatable bonds is 4. The molecule has 0 saturated heterocycles. The largest absolute Gasteiger partial charge is 0.472 e. The van der Waals surface area contributed by atoms with E-state index in [-0.39, 0.29) is 17.5 Å². The van der Waals surface area contributed by atoms with E-state index >= 15 is 0 Å². The summed E-state index contributed by atoms with van der Waals surface area (Å²) < 4.78 is 48.8. The van der Waals surface area contributed by atoms with Crippen LogP contribution >= 0.6 is 0 Å². The molecule has 1 N–H and O–H groups in total. The zero-order valence-electron chi connectivity index (χ0n) is 14.6. The summed E-state index contributed by atoms with van der Waals surface area (Å²) in [6.07, 6.45) is -1.38. The van der Waals surface area contributed by atoms with Gasteiger partial charge >= 0.3 is 18.0 Å². The minimum absolute atomic E-state index is 0.0356. The molecule has 4 rings (SSSR count). The van der Waals surface area contributed by atoms with Crippen molar-refractivity contribution >= 4 is 11.6 Å². The predicted molar refractivity (Wildman–Crippen MR) is 96.8 cm³/mol. The van der Waals surface area contributed by atoms with Crippen LogP contribution in [0.4, 0.5) is 18.9 Å². The van der Waals surface area contributed by atoms with Crippen molar-refractivity contribution in [1.29, 1.82) is 0 Å². The second-order valence-corrected chi connectivity index (χ2v) is 6.04. The SMILES string of the molecule is O=C(Nc1cccc(C(F)(F)F)c1)c1nnc(-c2cccc(-c3ccoc3)c2)o1. The molecule has 0 aliphatic rings. The number of aromatic nitrogens is 2. The molecule has 0 saturated carbocycles. The highest BCUT2D eigenvalue weighted by Gasteiger charge is 2.30. The van der Waals surface area contributed by atoms with Crippen LogP contribution in [-0.4, -0.2) is 16.1 Å². The van der Waals surface area contributed by atoms with Crippen molar-refractivity contribution in [2.45, 2.75) is 6.18 Å². The van der Waals surface area contributed by atoms with E-state index in [4.69, 9.17) is 8.83 Å². The standard InChI is InChI=1S/C20H12F3N3O3/c21-20(22,23)15-5-2-6-16(10-15)24-17(27)19-26-25-18(29-19)13-4-1-3-12(9-13)14-7-8-28-11-14/h1-11H,(H,24,27). The molecule has 0 aliphatic heterocycles. The average Bonchev–Trinajstić information content (AvgIpc) is 3.40. The Morgan fingerprint density at radius 1 is 0.931 bits per heavy atom. The normalized spacial score (nSPS) is 11.4. The van der Waals surface area contributed by atoms with Crippen LogP contribution < -0.4 is 5.32 Å². The predicted octanol–water partition coefficient (Wildman–Crippen LogP) is 5.27. The number of benzene rings is 2. The summed E-state index contributed by atoms with van der Waals surface area (Å²) in [5.41, 5.74) is 1.37. The van der Waals surface area contributed by atoms with Crippen molar-refractivity contribution in [3.63, 3.8) is 0 Å². The average molecular weight is 399 g/mol. The van der Waals surface area contributed by atoms with Gasteiger partial charge in [0.15, 0.2) is 0 Å². The van der Waals surface area contributed by atoms with Gasteiger partial charge < -0.3 is 14.2 Å². The zero-order chi connectivity index (χ0) is 20.4. The van der Waals surface area contributed by atoms with Crippen LogP contribution in [-0.2, 0) is 6.18 Å². The van der Waals surface area contributed by atoms with Crippen LogP contribution in [0.1, 0.15) is 16.2 Å². The molecule has 0 aliphatic carbocycles. The molecule has 1 amide bonds. The van der Waals surface area contributed by atoms with Gasteiger partial charge in [-0.15, -0.1) is 10.2 Å². The van der Waals surface area contributed by atoms with E-state index in [1.54, 1.807) is 36.8 Å². The summed E-state index contributed by atoms with van der Waals surface area (Å²) in [6.45, 7) is 0. The Morgan fingerprint density at radius 3 is 2.48 bits per heavy atom. The molecular formula is C20H12F3N3O3. The molecule has 6 nitrogen and oxygen atoms in total. The van der Waals surface area contributed by atoms with Crippen molar-refractivity contribution < 1.29 is 26.8 Å². The molecule has 146 valence electrons. The van der Waals surface area contributed by atoms with Crippen molar-refractivity contribution in [3.8, 4) is 22.6 Å². The van der Waals surface area contributed by atoms with Crippen LogP contribution in [0.15, 0.2) is 76.0 Å². The number of carbonyl (C=O) groups excluding carboxylic acids is 1. The molecule has 0 unspecified atom stereocenters. The summed E-state index contributed by atoms with van der Waals surface area (Å²) in [6, 6.07) is 13.2. The van der Waals surface area contributed by atoms with Crippen LogP contribution in [0.25, 0.3) is 22.6 Å². The topological polar surface area (TPSA) is 81.2 Å². The van der Waals surface area contributed by atoms with Gasteiger partial charge in [-0.2, -0.15) is 13.2 Å². The van der Waals surface area contributed by atoms with E-state index in [1.165, 1.54) is 12.1 Å². The lowest BCUT2D eigenvalue weighted by atomic mass is 10.1. The molecule has 0 bridgehead atoms. The molecule has 29 heavy (non-hydrogen) atoms. The maximum absolute atomic E-state index is 12.8. The second kappa shape index (κ2) is 7.27. The molecule has 2 aromatic heterocycles. The Balaban J connectivity index is 1.54. The number of nitrogens with one attached hydrogen (secondary N) is 1. The fraction of sp³-hybridized carbons (Fsp3) is 0.0500. The minimum Gasteiger partial charge on any atom is -0.472 e. The van der Waals surface area contributed by atoms with Gasteiger partial charge in [-0.1, -0.05) is 18.2 Å². The number of alkyl halides is 3. The number of hydrogen-bond donors (Lipinski definition) is 1. The molecule has 0 radical (unpaired) electrons. The number of hydrogen-bond acceptors (Lipinski definition) is 5. The van der Waals surface area contributed by atoms with Crippen LogP contribution in [0.3, 0.4) is 0 Å². The second-order valence-electron chi connectivity index (χ2n) is 6.04. The van der Waals surface area contributed by atoms with Crippen molar-refractivity contribution in [2.75, 3.05) is 5.32 Å². The maximum atomic E-state index is 12.8. The molecule has 0 fully saturated rings. The molecule has 0 atom stereocenters. The van der Waals surface area contributed by atoms with E-state index in [1.807, 2.05) is 6.07 Å². The lowest BCUT2D eigenvalue weighted by molar-refractivity contribution is -0.137. The first-order chi connectivity index (χ1) is 13.9. The summed E-state index contributed by atoms with van der Waals surface area (Å²) >= 11 is 0. The third-order valence-electron chi connectivity index (χ3n) is 4.03. The van der Waals surface area contributed by atoms with E-state index in [0.717, 1.165) is 23.3 Å². The molecular weight excluding hydrogens is 387 g/mol. The number of nitrogens with zero attached hydrogens (tertiary/aromatic N) is 2. The monoisotopic (exact) mass is 399 g/mol. The first-order valence-electron chi connectivity index (χ1n) is 8.35. The molecule has 0 spiro atoms. The van der Waals surface area contributed by atoms with Gasteiger partial charge in [0.2, 0.25) is 5.89 Å². The number of carbonyl (C=O) groups is 1. The smallest absolute Gasteiger partial charge is 0.416 e. The Morgan fingerprint density at radius 2 is 1.72 bits per heavy atom. The Labute approximate surface area is 162 Å². The fourth-order valence-electron chi connectivity index (χ4n) is 2.65. The Hall–Kier alpha value is -3.88. The lowest BCUT2D eigenvalue weighted by Crippen LogP contribution is -2.13. The van der Waals surface area contributed by atoms with Crippen LogP contribution in [0.5, 0.6) is 0 Å². The Bertz CT molecular complexity index is 1150. The van der Waals surface area contributed by atoms with Gasteiger partial charge in [0.25, 0.3) is 0 Å². The minimum atomic E-state index is -4.52. The Kier molecular flexibility index (Phi) is 4.63. The highest BCUT2D eigenvalue weighted by molar-refractivity contribution is 6.01. The maximum Gasteiger partial charge on any atom is 0.416 e. The van der Waals surface area contributed by atoms with E-state index in [0.29, 0.717) is 5.56 Å². The van der Waals surface area contributed by atoms with E-state index < -0.39 is 17.6 Å². The van der Waals surface area contributed by atoms with E-state index in [2.05, 4.69) is 15.5 Å². The number of furan rings is 1. The van der Waals surface area contributed by atoms with Crippen LogP contribution in [0, 0.1) is 0 Å². The molecule has 4 aromatic rings. The third kappa shape index (κ3) is 4.03. The summed E-state index contributed by atoms with van der Waals surface area (Å²) in [5.74, 6) is -1.08. The lowest BCUT2D eigenvalue weighted by Gasteiger charge is -2.08. The zero-order valence-corrected chi connectivity index (χ0v) is 14.6. The van der Waals surface area contributed by atoms with Crippen molar-refractivity contribution in [2.24, 2.45) is 0 Å². The number of anilines is 1. The quantitative estimate of drug-likeness (QED) is 0.506. The van der Waals surface area contributed by atoms with Gasteiger partial charge in [0.05, 0.1) is 18.1 Å². The first kappa shape index (κ1) is 18.5. The van der Waals surface area contributed by atoms with Gasteiger partial charge in [0.1, 0.15) is 0 Å². The van der Waals surface area contributed by atoms with Gasteiger partial charge in [0, 0.05) is 16.8 Å². The third-order valence-corrected chi connectivity index (χ3v) is 4.03. The first-order valence-corrected chi connectivity index (χ1v) is 8.35. The summed E-state index contributed by atoms with van der Waals surface area (Å²) in [4.78, 5) is 12.3. The summed E-state index contributed by atoms with van der Waals surface area (Å²) in [7, 11) is 0. The highest BCUT2D eigenvalue weighted by Crippen LogP contribution is 2.31.